The second kappa shape index (κ2) is 4.73. The minimum absolute atomic E-state index is 0.864. The molecule has 11 heavy (non-hydrogen) atoms. The highest BCUT2D eigenvalue weighted by Gasteiger charge is 2.18. The van der Waals surface area contributed by atoms with Gasteiger partial charge in [-0.3, -0.25) is 0 Å². The maximum atomic E-state index is 5.43. The predicted molar refractivity (Wildman–Crippen MR) is 48.5 cm³/mol. The number of nitrogens with two attached hydrogens (primary N) is 1. The largest absolute Gasteiger partial charge is 0.330 e. The second-order valence-corrected chi connectivity index (χ2v) is 3.70. The van der Waals surface area contributed by atoms with Crippen LogP contribution in [-0.4, -0.2) is 31.6 Å². The van der Waals surface area contributed by atoms with Gasteiger partial charge >= 0.3 is 0 Å². The van der Waals surface area contributed by atoms with E-state index in [1.54, 1.807) is 0 Å². The van der Waals surface area contributed by atoms with Crippen molar-refractivity contribution in [3.63, 3.8) is 0 Å². The molecular formula is C9H20N2. The van der Waals surface area contributed by atoms with Gasteiger partial charge in [-0.1, -0.05) is 6.42 Å². The van der Waals surface area contributed by atoms with E-state index in [4.69, 9.17) is 5.73 Å². The van der Waals surface area contributed by atoms with Crippen molar-refractivity contribution in [1.29, 1.82) is 0 Å². The van der Waals surface area contributed by atoms with Gasteiger partial charge in [-0.15, -0.1) is 0 Å². The fourth-order valence-corrected chi connectivity index (χ4v) is 1.84. The zero-order chi connectivity index (χ0) is 8.10. The lowest BCUT2D eigenvalue weighted by atomic mass is 10.0. The molecule has 1 atom stereocenters. The molecule has 0 aromatic heterocycles. The zero-order valence-electron chi connectivity index (χ0n) is 7.55. The molecule has 1 saturated heterocycles. The molecule has 0 radical (unpaired) electrons. The van der Waals surface area contributed by atoms with Gasteiger partial charge in [0.2, 0.25) is 0 Å². The lowest BCUT2D eigenvalue weighted by Gasteiger charge is -2.08. The van der Waals surface area contributed by atoms with Crippen LogP contribution in [0.2, 0.25) is 0 Å². The van der Waals surface area contributed by atoms with Crippen molar-refractivity contribution in [2.75, 3.05) is 26.7 Å². The fourth-order valence-electron chi connectivity index (χ4n) is 1.84. The number of hydrogen-bond acceptors (Lipinski definition) is 2. The summed E-state index contributed by atoms with van der Waals surface area (Å²) >= 11 is 0. The van der Waals surface area contributed by atoms with E-state index < -0.39 is 0 Å². The minimum atomic E-state index is 0.864. The van der Waals surface area contributed by atoms with Crippen LogP contribution in [0.25, 0.3) is 0 Å². The van der Waals surface area contributed by atoms with Crippen molar-refractivity contribution >= 4 is 0 Å². The van der Waals surface area contributed by atoms with E-state index in [1.807, 2.05) is 0 Å². The quantitative estimate of drug-likeness (QED) is 0.617. The molecule has 0 amide bonds. The van der Waals surface area contributed by atoms with Crippen LogP contribution in [0.5, 0.6) is 0 Å². The van der Waals surface area contributed by atoms with Gasteiger partial charge in [-0.25, -0.2) is 0 Å². The van der Waals surface area contributed by atoms with Crippen LogP contribution < -0.4 is 5.73 Å². The van der Waals surface area contributed by atoms with Crippen molar-refractivity contribution in [2.24, 2.45) is 11.7 Å². The molecule has 1 aliphatic heterocycles. The van der Waals surface area contributed by atoms with E-state index >= 15 is 0 Å². The summed E-state index contributed by atoms with van der Waals surface area (Å²) in [7, 11) is 2.21. The zero-order valence-corrected chi connectivity index (χ0v) is 7.55. The second-order valence-electron chi connectivity index (χ2n) is 3.70. The Bertz CT molecular complexity index is 104. The monoisotopic (exact) mass is 156 g/mol. The van der Waals surface area contributed by atoms with Crippen LogP contribution in [0.3, 0.4) is 0 Å². The Balaban J connectivity index is 1.99. The Kier molecular flexibility index (Phi) is 3.87. The van der Waals surface area contributed by atoms with Gasteiger partial charge in [0, 0.05) is 6.54 Å². The summed E-state index contributed by atoms with van der Waals surface area (Å²) in [5.74, 6) is 0.964. The Morgan fingerprint density at radius 3 is 2.82 bits per heavy atom. The third-order valence-electron chi connectivity index (χ3n) is 2.56. The van der Waals surface area contributed by atoms with Crippen molar-refractivity contribution in [3.05, 3.63) is 0 Å². The Morgan fingerprint density at radius 2 is 2.27 bits per heavy atom. The summed E-state index contributed by atoms with van der Waals surface area (Å²) in [5.41, 5.74) is 5.43. The summed E-state index contributed by atoms with van der Waals surface area (Å²) in [6.45, 7) is 3.47. The van der Waals surface area contributed by atoms with Crippen molar-refractivity contribution in [3.8, 4) is 0 Å². The smallest absolute Gasteiger partial charge is 0.000708 e. The first-order valence-corrected chi connectivity index (χ1v) is 4.71. The molecular weight excluding hydrogens is 136 g/mol. The van der Waals surface area contributed by atoms with Crippen LogP contribution >= 0.6 is 0 Å². The summed E-state index contributed by atoms with van der Waals surface area (Å²) in [4.78, 5) is 2.42. The molecule has 1 fully saturated rings. The Hall–Kier alpha value is -0.0800. The normalized spacial score (nSPS) is 26.2. The highest BCUT2D eigenvalue weighted by Crippen LogP contribution is 2.19. The minimum Gasteiger partial charge on any atom is -0.330 e. The third-order valence-corrected chi connectivity index (χ3v) is 2.56. The van der Waals surface area contributed by atoms with Gasteiger partial charge in [-0.2, -0.15) is 0 Å². The van der Waals surface area contributed by atoms with Gasteiger partial charge in [0.1, 0.15) is 0 Å². The molecule has 0 bridgehead atoms. The molecule has 1 unspecified atom stereocenters. The maximum Gasteiger partial charge on any atom is 0.000708 e. The molecule has 0 aliphatic carbocycles. The molecule has 0 spiro atoms. The highest BCUT2D eigenvalue weighted by molar-refractivity contribution is 4.72. The van der Waals surface area contributed by atoms with E-state index in [1.165, 1.54) is 38.8 Å². The van der Waals surface area contributed by atoms with Crippen molar-refractivity contribution in [2.45, 2.75) is 25.7 Å². The van der Waals surface area contributed by atoms with Crippen molar-refractivity contribution in [1.82, 2.24) is 4.90 Å². The third kappa shape index (κ3) is 3.21. The van der Waals surface area contributed by atoms with Crippen LogP contribution in [0.1, 0.15) is 25.7 Å². The van der Waals surface area contributed by atoms with E-state index in [2.05, 4.69) is 11.9 Å². The standard InChI is InChI=1S/C9H20N2/c1-11-7-5-9(8-11)4-2-3-6-10/h9H,2-8,10H2,1H3. The number of likely N-dealkylation sites (tertiary alicyclic amines) is 1. The van der Waals surface area contributed by atoms with Gasteiger partial charge in [-0.05, 0) is 45.3 Å². The molecule has 2 heteroatoms. The molecule has 0 saturated carbocycles. The molecule has 0 aromatic carbocycles. The molecule has 1 heterocycles. The number of rotatable bonds is 4. The molecule has 0 aromatic rings. The Morgan fingerprint density at radius 1 is 1.45 bits per heavy atom. The van der Waals surface area contributed by atoms with E-state index in [-0.39, 0.29) is 0 Å². The number of unbranched alkanes of at least 4 members (excludes halogenated alkanes) is 1. The molecule has 1 rings (SSSR count). The van der Waals surface area contributed by atoms with Gasteiger partial charge in [0.15, 0.2) is 0 Å². The molecule has 2 N–H and O–H groups in total. The Labute approximate surface area is 69.8 Å². The van der Waals surface area contributed by atoms with Crippen LogP contribution in [0.15, 0.2) is 0 Å². The topological polar surface area (TPSA) is 29.3 Å². The number of hydrogen-bond donors (Lipinski definition) is 1. The highest BCUT2D eigenvalue weighted by atomic mass is 15.1. The van der Waals surface area contributed by atoms with Gasteiger partial charge < -0.3 is 10.6 Å². The van der Waals surface area contributed by atoms with Crippen LogP contribution in [0, 0.1) is 5.92 Å². The van der Waals surface area contributed by atoms with Gasteiger partial charge in [0.05, 0.1) is 0 Å². The van der Waals surface area contributed by atoms with E-state index in [0.29, 0.717) is 0 Å². The average Bonchev–Trinajstić information content (AvgIpc) is 2.37. The fraction of sp³-hybridized carbons (Fsp3) is 1.00. The summed E-state index contributed by atoms with van der Waals surface area (Å²) in [6, 6.07) is 0. The summed E-state index contributed by atoms with van der Waals surface area (Å²) in [6.07, 6.45) is 5.33. The molecule has 66 valence electrons. The van der Waals surface area contributed by atoms with E-state index in [0.717, 1.165) is 12.5 Å². The lowest BCUT2D eigenvalue weighted by Crippen LogP contribution is -2.14. The SMILES string of the molecule is CN1CCC(CCCCN)C1. The average molecular weight is 156 g/mol. The predicted octanol–water partition coefficient (Wildman–Crippen LogP) is 1.07. The van der Waals surface area contributed by atoms with Crippen molar-refractivity contribution < 1.29 is 0 Å². The number of nitrogens with zero attached hydrogens (tertiary/aromatic N) is 1. The first kappa shape index (κ1) is 9.01. The summed E-state index contributed by atoms with van der Waals surface area (Å²) < 4.78 is 0. The molecule has 1 aliphatic rings. The molecule has 2 nitrogen and oxygen atoms in total. The van der Waals surface area contributed by atoms with Crippen LogP contribution in [0.4, 0.5) is 0 Å². The maximum absolute atomic E-state index is 5.43. The van der Waals surface area contributed by atoms with Crippen LogP contribution in [-0.2, 0) is 0 Å². The van der Waals surface area contributed by atoms with E-state index in [9.17, 15) is 0 Å². The lowest BCUT2D eigenvalue weighted by molar-refractivity contribution is 0.383. The van der Waals surface area contributed by atoms with Gasteiger partial charge in [0.25, 0.3) is 0 Å². The summed E-state index contributed by atoms with van der Waals surface area (Å²) in [5, 5.41) is 0. The first-order valence-electron chi connectivity index (χ1n) is 4.71. The first-order chi connectivity index (χ1) is 5.33.